The standard InChI is InChI=1S/C11H12IN3O/c1-15-7-10(13-14-15)6-11(16)8-3-2-4-9(12)5-8/h2-5,7,11,16H,6H2,1H3. The van der Waals surface area contributed by atoms with Crippen molar-refractivity contribution in [1.82, 2.24) is 15.0 Å². The molecule has 2 rings (SSSR count). The van der Waals surface area contributed by atoms with Crippen molar-refractivity contribution in [2.75, 3.05) is 0 Å². The van der Waals surface area contributed by atoms with Crippen LogP contribution in [0.3, 0.4) is 0 Å². The lowest BCUT2D eigenvalue weighted by atomic mass is 10.1. The molecule has 2 aromatic rings. The molecule has 1 aromatic heterocycles. The molecule has 0 amide bonds. The highest BCUT2D eigenvalue weighted by molar-refractivity contribution is 14.1. The molecule has 1 N–H and O–H groups in total. The van der Waals surface area contributed by atoms with Crippen molar-refractivity contribution in [3.8, 4) is 0 Å². The fraction of sp³-hybridized carbons (Fsp3) is 0.273. The largest absolute Gasteiger partial charge is 0.388 e. The number of rotatable bonds is 3. The number of hydrogen-bond donors (Lipinski definition) is 1. The van der Waals surface area contributed by atoms with E-state index in [1.54, 1.807) is 4.68 Å². The van der Waals surface area contributed by atoms with Crippen LogP contribution in [0.2, 0.25) is 0 Å². The Hall–Kier alpha value is -0.950. The molecule has 4 nitrogen and oxygen atoms in total. The van der Waals surface area contributed by atoms with Crippen LogP contribution in [0.4, 0.5) is 0 Å². The highest BCUT2D eigenvalue weighted by Crippen LogP contribution is 2.18. The molecule has 84 valence electrons. The SMILES string of the molecule is Cn1cc(CC(O)c2cccc(I)c2)nn1. The number of hydrogen-bond acceptors (Lipinski definition) is 3. The maximum absolute atomic E-state index is 10.0. The summed E-state index contributed by atoms with van der Waals surface area (Å²) in [6.07, 6.45) is 1.79. The van der Waals surface area contributed by atoms with Gasteiger partial charge in [0.05, 0.1) is 11.8 Å². The van der Waals surface area contributed by atoms with E-state index >= 15 is 0 Å². The quantitative estimate of drug-likeness (QED) is 0.872. The fourth-order valence-corrected chi connectivity index (χ4v) is 2.09. The van der Waals surface area contributed by atoms with E-state index in [1.807, 2.05) is 37.5 Å². The van der Waals surface area contributed by atoms with Gasteiger partial charge in [0, 0.05) is 23.2 Å². The van der Waals surface area contributed by atoms with E-state index in [0.29, 0.717) is 6.42 Å². The summed E-state index contributed by atoms with van der Waals surface area (Å²) in [5.74, 6) is 0. The van der Waals surface area contributed by atoms with E-state index in [1.165, 1.54) is 0 Å². The summed E-state index contributed by atoms with van der Waals surface area (Å²) in [5.41, 5.74) is 1.71. The minimum Gasteiger partial charge on any atom is -0.388 e. The van der Waals surface area contributed by atoms with Crippen LogP contribution in [0, 0.1) is 3.57 Å². The van der Waals surface area contributed by atoms with E-state index in [4.69, 9.17) is 0 Å². The maximum Gasteiger partial charge on any atom is 0.0856 e. The molecule has 1 atom stereocenters. The highest BCUT2D eigenvalue weighted by atomic mass is 127. The number of aryl methyl sites for hydroxylation is 1. The van der Waals surface area contributed by atoms with Crippen molar-refractivity contribution < 1.29 is 5.11 Å². The van der Waals surface area contributed by atoms with Gasteiger partial charge in [-0.25, -0.2) is 0 Å². The summed E-state index contributed by atoms with van der Waals surface area (Å²) >= 11 is 2.23. The lowest BCUT2D eigenvalue weighted by Gasteiger charge is -2.09. The molecule has 1 unspecified atom stereocenters. The second kappa shape index (κ2) is 4.92. The Bertz CT molecular complexity index is 484. The summed E-state index contributed by atoms with van der Waals surface area (Å²) in [6.45, 7) is 0. The van der Waals surface area contributed by atoms with Gasteiger partial charge in [-0.1, -0.05) is 17.3 Å². The lowest BCUT2D eigenvalue weighted by molar-refractivity contribution is 0.177. The molecule has 0 aliphatic heterocycles. The Labute approximate surface area is 107 Å². The first-order valence-corrected chi connectivity index (χ1v) is 6.02. The van der Waals surface area contributed by atoms with Crippen LogP contribution in [0.25, 0.3) is 0 Å². The third-order valence-electron chi connectivity index (χ3n) is 2.29. The van der Waals surface area contributed by atoms with Crippen molar-refractivity contribution in [3.63, 3.8) is 0 Å². The fourth-order valence-electron chi connectivity index (χ4n) is 1.52. The van der Waals surface area contributed by atoms with Crippen LogP contribution < -0.4 is 0 Å². The highest BCUT2D eigenvalue weighted by Gasteiger charge is 2.10. The molecule has 0 spiro atoms. The summed E-state index contributed by atoms with van der Waals surface area (Å²) in [6, 6.07) is 7.83. The second-order valence-electron chi connectivity index (χ2n) is 3.66. The molecule has 0 bridgehead atoms. The second-order valence-corrected chi connectivity index (χ2v) is 4.90. The van der Waals surface area contributed by atoms with Crippen molar-refractivity contribution in [2.24, 2.45) is 7.05 Å². The van der Waals surface area contributed by atoms with Gasteiger partial charge in [-0.2, -0.15) is 0 Å². The van der Waals surface area contributed by atoms with Gasteiger partial charge >= 0.3 is 0 Å². The van der Waals surface area contributed by atoms with Gasteiger partial charge in [0.1, 0.15) is 0 Å². The van der Waals surface area contributed by atoms with Gasteiger partial charge in [0.2, 0.25) is 0 Å². The monoisotopic (exact) mass is 329 g/mol. The Balaban J connectivity index is 2.11. The molecule has 0 aliphatic rings. The van der Waals surface area contributed by atoms with Gasteiger partial charge in [0.25, 0.3) is 0 Å². The molecule has 0 saturated carbocycles. The molecule has 0 saturated heterocycles. The topological polar surface area (TPSA) is 50.9 Å². The lowest BCUT2D eigenvalue weighted by Crippen LogP contribution is -2.02. The summed E-state index contributed by atoms with van der Waals surface area (Å²) < 4.78 is 2.75. The van der Waals surface area contributed by atoms with Crippen LogP contribution in [0.15, 0.2) is 30.5 Å². The number of aliphatic hydroxyl groups excluding tert-OH is 1. The van der Waals surface area contributed by atoms with Gasteiger partial charge in [-0.3, -0.25) is 4.68 Å². The van der Waals surface area contributed by atoms with Crippen molar-refractivity contribution in [3.05, 3.63) is 45.3 Å². The molecular formula is C11H12IN3O. The first-order valence-electron chi connectivity index (χ1n) is 4.94. The Morgan fingerprint density at radius 3 is 2.94 bits per heavy atom. The number of halogens is 1. The summed E-state index contributed by atoms with van der Waals surface area (Å²) in [4.78, 5) is 0. The minimum absolute atomic E-state index is 0.494. The van der Waals surface area contributed by atoms with Crippen LogP contribution >= 0.6 is 22.6 Å². The molecular weight excluding hydrogens is 317 g/mol. The zero-order chi connectivity index (χ0) is 11.5. The number of benzene rings is 1. The molecule has 16 heavy (non-hydrogen) atoms. The normalized spacial score (nSPS) is 12.7. The Morgan fingerprint density at radius 1 is 1.50 bits per heavy atom. The number of aliphatic hydroxyl groups is 1. The zero-order valence-electron chi connectivity index (χ0n) is 8.84. The summed E-state index contributed by atoms with van der Waals surface area (Å²) in [7, 11) is 1.81. The molecule has 5 heteroatoms. The Morgan fingerprint density at radius 2 is 2.31 bits per heavy atom. The molecule has 0 aliphatic carbocycles. The van der Waals surface area contributed by atoms with Gasteiger partial charge in [-0.05, 0) is 40.3 Å². The van der Waals surface area contributed by atoms with Crippen molar-refractivity contribution in [2.45, 2.75) is 12.5 Å². The minimum atomic E-state index is -0.522. The number of aromatic nitrogens is 3. The van der Waals surface area contributed by atoms with Gasteiger partial charge in [-0.15, -0.1) is 5.10 Å². The third-order valence-corrected chi connectivity index (χ3v) is 2.96. The summed E-state index contributed by atoms with van der Waals surface area (Å²) in [5, 5.41) is 17.8. The first kappa shape index (κ1) is 11.5. The van der Waals surface area contributed by atoms with Crippen molar-refractivity contribution >= 4 is 22.6 Å². The average Bonchev–Trinajstić information content (AvgIpc) is 2.64. The van der Waals surface area contributed by atoms with E-state index in [0.717, 1.165) is 14.8 Å². The van der Waals surface area contributed by atoms with Gasteiger partial charge < -0.3 is 5.11 Å². The van der Waals surface area contributed by atoms with E-state index in [2.05, 4.69) is 32.9 Å². The third kappa shape index (κ3) is 2.79. The average molecular weight is 329 g/mol. The van der Waals surface area contributed by atoms with Crippen LogP contribution in [-0.4, -0.2) is 20.1 Å². The van der Waals surface area contributed by atoms with Crippen molar-refractivity contribution in [1.29, 1.82) is 0 Å². The van der Waals surface area contributed by atoms with E-state index in [-0.39, 0.29) is 0 Å². The van der Waals surface area contributed by atoms with E-state index in [9.17, 15) is 5.11 Å². The molecule has 0 fully saturated rings. The molecule has 0 radical (unpaired) electrons. The number of nitrogens with zero attached hydrogens (tertiary/aromatic N) is 3. The van der Waals surface area contributed by atoms with Crippen LogP contribution in [0.5, 0.6) is 0 Å². The Kier molecular flexibility index (Phi) is 3.55. The van der Waals surface area contributed by atoms with E-state index < -0.39 is 6.10 Å². The smallest absolute Gasteiger partial charge is 0.0856 e. The predicted molar refractivity (Wildman–Crippen MR) is 68.8 cm³/mol. The molecule has 1 heterocycles. The predicted octanol–water partition coefficient (Wildman–Crippen LogP) is 1.70. The molecule has 1 aromatic carbocycles. The van der Waals surface area contributed by atoms with Gasteiger partial charge in [0.15, 0.2) is 0 Å². The van der Waals surface area contributed by atoms with Crippen LogP contribution in [0.1, 0.15) is 17.4 Å². The maximum atomic E-state index is 10.0. The van der Waals surface area contributed by atoms with Crippen LogP contribution in [-0.2, 0) is 13.5 Å². The first-order chi connectivity index (χ1) is 7.65. The zero-order valence-corrected chi connectivity index (χ0v) is 11.0.